The highest BCUT2D eigenvalue weighted by Crippen LogP contribution is 2.02. The van der Waals surface area contributed by atoms with Crippen LogP contribution in [0.1, 0.15) is 18.1 Å². The fourth-order valence-electron chi connectivity index (χ4n) is 1.47. The van der Waals surface area contributed by atoms with Crippen molar-refractivity contribution in [3.8, 4) is 0 Å². The van der Waals surface area contributed by atoms with E-state index in [4.69, 9.17) is 0 Å². The molecule has 0 heterocycles. The zero-order valence-electron chi connectivity index (χ0n) is 14.9. The highest BCUT2D eigenvalue weighted by atomic mass is 16.1. The normalized spacial score (nSPS) is 8.84. The number of rotatable bonds is 5. The first-order chi connectivity index (χ1) is 12.0. The quantitative estimate of drug-likeness (QED) is 0.450. The summed E-state index contributed by atoms with van der Waals surface area (Å²) >= 11 is 0. The molecule has 2 aromatic carbocycles. The van der Waals surface area contributed by atoms with Gasteiger partial charge in [-0.2, -0.15) is 0 Å². The molecule has 0 aromatic heterocycles. The van der Waals surface area contributed by atoms with Gasteiger partial charge in [0.1, 0.15) is 0 Å². The molecular weight excluding hydrogens is 304 g/mol. The standard InChI is InChI=1S/C12H12O.C8H8.C4H6/c1-10(2)12(13)9-8-11-6-4-3-5-7-11;1-2-8-6-4-3-5-7-8;1-3-4-2/h3-9H,1H2,2H3;2-7H,1H2;3-4H,1-2H2. The van der Waals surface area contributed by atoms with Crippen LogP contribution in [0.25, 0.3) is 12.2 Å². The highest BCUT2D eigenvalue weighted by molar-refractivity contribution is 6.05. The van der Waals surface area contributed by atoms with Gasteiger partial charge in [-0.1, -0.05) is 111 Å². The molecule has 0 amide bonds. The topological polar surface area (TPSA) is 17.1 Å². The molecular formula is C24H26O. The summed E-state index contributed by atoms with van der Waals surface area (Å²) in [5.74, 6) is -0.0242. The van der Waals surface area contributed by atoms with Crippen molar-refractivity contribution in [3.05, 3.63) is 122 Å². The van der Waals surface area contributed by atoms with Crippen LogP contribution < -0.4 is 0 Å². The minimum absolute atomic E-state index is 0.0242. The van der Waals surface area contributed by atoms with Crippen LogP contribution in [0.15, 0.2) is 111 Å². The van der Waals surface area contributed by atoms with Crippen molar-refractivity contribution in [2.24, 2.45) is 0 Å². The molecule has 128 valence electrons. The van der Waals surface area contributed by atoms with Crippen LogP contribution in [0.2, 0.25) is 0 Å². The minimum atomic E-state index is -0.0242. The molecule has 2 aromatic rings. The summed E-state index contributed by atoms with van der Waals surface area (Å²) in [5.41, 5.74) is 2.76. The van der Waals surface area contributed by atoms with E-state index < -0.39 is 0 Å². The van der Waals surface area contributed by atoms with Crippen molar-refractivity contribution in [1.29, 1.82) is 0 Å². The highest BCUT2D eigenvalue weighted by Gasteiger charge is 1.94. The summed E-state index contributed by atoms with van der Waals surface area (Å²) in [5, 5.41) is 0. The van der Waals surface area contributed by atoms with Gasteiger partial charge in [0.15, 0.2) is 5.78 Å². The third-order valence-corrected chi connectivity index (χ3v) is 2.85. The Balaban J connectivity index is 0.000000407. The van der Waals surface area contributed by atoms with E-state index in [0.717, 1.165) is 5.56 Å². The van der Waals surface area contributed by atoms with Crippen LogP contribution in [0.3, 0.4) is 0 Å². The lowest BCUT2D eigenvalue weighted by Crippen LogP contribution is -1.91. The van der Waals surface area contributed by atoms with Crippen molar-refractivity contribution in [2.45, 2.75) is 6.92 Å². The van der Waals surface area contributed by atoms with E-state index in [1.54, 1.807) is 25.2 Å². The third kappa shape index (κ3) is 12.0. The molecule has 0 saturated carbocycles. The van der Waals surface area contributed by atoms with Crippen molar-refractivity contribution in [1.82, 2.24) is 0 Å². The summed E-state index contributed by atoms with van der Waals surface area (Å²) in [6, 6.07) is 19.7. The second-order valence-electron chi connectivity index (χ2n) is 4.97. The predicted octanol–water partition coefficient (Wildman–Crippen LogP) is 6.53. The molecule has 0 bridgehead atoms. The van der Waals surface area contributed by atoms with Crippen molar-refractivity contribution in [2.75, 3.05) is 0 Å². The summed E-state index contributed by atoms with van der Waals surface area (Å²) in [6.07, 6.45) is 8.44. The van der Waals surface area contributed by atoms with Crippen molar-refractivity contribution >= 4 is 17.9 Å². The van der Waals surface area contributed by atoms with Gasteiger partial charge >= 0.3 is 0 Å². The molecule has 0 aliphatic rings. The molecule has 0 radical (unpaired) electrons. The molecule has 0 aliphatic carbocycles. The fourth-order valence-corrected chi connectivity index (χ4v) is 1.47. The molecule has 0 fully saturated rings. The van der Waals surface area contributed by atoms with E-state index in [9.17, 15) is 4.79 Å². The molecule has 0 unspecified atom stereocenters. The largest absolute Gasteiger partial charge is 0.290 e. The maximum Gasteiger partial charge on any atom is 0.180 e. The molecule has 25 heavy (non-hydrogen) atoms. The molecule has 1 nitrogen and oxygen atoms in total. The number of carbonyl (C=O) groups is 1. The molecule has 0 atom stereocenters. The minimum Gasteiger partial charge on any atom is -0.290 e. The van der Waals surface area contributed by atoms with Crippen LogP contribution in [0, 0.1) is 0 Å². The van der Waals surface area contributed by atoms with E-state index in [1.165, 1.54) is 11.6 Å². The molecule has 0 N–H and O–H groups in total. The molecule has 1 heteroatoms. The SMILES string of the molecule is C=C(C)C(=O)C=Cc1ccccc1.C=CC=C.C=Cc1ccccc1. The van der Waals surface area contributed by atoms with E-state index in [-0.39, 0.29) is 5.78 Å². The van der Waals surface area contributed by atoms with E-state index in [2.05, 4.69) is 26.3 Å². The van der Waals surface area contributed by atoms with E-state index in [0.29, 0.717) is 5.57 Å². The predicted molar refractivity (Wildman–Crippen MR) is 112 cm³/mol. The lowest BCUT2D eigenvalue weighted by molar-refractivity contribution is -0.111. The fraction of sp³-hybridized carbons (Fsp3) is 0.0417. The lowest BCUT2D eigenvalue weighted by Gasteiger charge is -1.91. The number of carbonyl (C=O) groups excluding carboxylic acids is 1. The van der Waals surface area contributed by atoms with Gasteiger partial charge in [-0.15, -0.1) is 0 Å². The zero-order valence-corrected chi connectivity index (χ0v) is 14.9. The Labute approximate surface area is 152 Å². The monoisotopic (exact) mass is 330 g/mol. The van der Waals surface area contributed by atoms with Crippen LogP contribution in [-0.4, -0.2) is 5.78 Å². The lowest BCUT2D eigenvalue weighted by atomic mass is 10.1. The Kier molecular flexibility index (Phi) is 12.6. The number of benzene rings is 2. The first kappa shape index (κ1) is 21.8. The summed E-state index contributed by atoms with van der Waals surface area (Å²) < 4.78 is 0. The van der Waals surface area contributed by atoms with Gasteiger partial charge in [-0.25, -0.2) is 0 Å². The molecule has 0 aliphatic heterocycles. The Morgan fingerprint density at radius 2 is 1.24 bits per heavy atom. The zero-order chi connectivity index (χ0) is 18.9. The maximum absolute atomic E-state index is 11.1. The van der Waals surface area contributed by atoms with Gasteiger partial charge in [-0.3, -0.25) is 4.79 Å². The Bertz CT molecular complexity index is 685. The third-order valence-electron chi connectivity index (χ3n) is 2.85. The maximum atomic E-state index is 11.1. The van der Waals surface area contributed by atoms with Gasteiger partial charge in [-0.05, 0) is 29.7 Å². The van der Waals surface area contributed by atoms with Gasteiger partial charge in [0, 0.05) is 0 Å². The van der Waals surface area contributed by atoms with Crippen LogP contribution in [0.4, 0.5) is 0 Å². The Hall–Kier alpha value is -3.19. The van der Waals surface area contributed by atoms with Crippen LogP contribution >= 0.6 is 0 Å². The first-order valence-corrected chi connectivity index (χ1v) is 7.89. The smallest absolute Gasteiger partial charge is 0.180 e. The van der Waals surface area contributed by atoms with E-state index >= 15 is 0 Å². The number of allylic oxidation sites excluding steroid dienone is 4. The average molecular weight is 330 g/mol. The second-order valence-corrected chi connectivity index (χ2v) is 4.97. The van der Waals surface area contributed by atoms with Gasteiger partial charge in [0.2, 0.25) is 0 Å². The first-order valence-electron chi connectivity index (χ1n) is 7.89. The number of ketones is 1. The van der Waals surface area contributed by atoms with Gasteiger partial charge in [0.25, 0.3) is 0 Å². The second kappa shape index (κ2) is 14.4. The average Bonchev–Trinajstić information content (AvgIpc) is 2.68. The summed E-state index contributed by atoms with van der Waals surface area (Å²) in [4.78, 5) is 11.1. The Morgan fingerprint density at radius 3 is 1.56 bits per heavy atom. The Morgan fingerprint density at radius 1 is 0.800 bits per heavy atom. The summed E-state index contributed by atoms with van der Waals surface area (Å²) in [7, 11) is 0. The van der Waals surface area contributed by atoms with Crippen LogP contribution in [0.5, 0.6) is 0 Å². The number of hydrogen-bond acceptors (Lipinski definition) is 1. The van der Waals surface area contributed by atoms with Gasteiger partial charge in [0.05, 0.1) is 0 Å². The number of hydrogen-bond donors (Lipinski definition) is 0. The van der Waals surface area contributed by atoms with Crippen LogP contribution in [-0.2, 0) is 4.79 Å². The molecule has 0 saturated heterocycles. The van der Waals surface area contributed by atoms with Gasteiger partial charge < -0.3 is 0 Å². The van der Waals surface area contributed by atoms with E-state index in [1.807, 2.05) is 66.7 Å². The molecule has 2 rings (SSSR count). The summed E-state index contributed by atoms with van der Waals surface area (Å²) in [6.45, 7) is 15.6. The molecule has 0 spiro atoms. The van der Waals surface area contributed by atoms with Crippen molar-refractivity contribution < 1.29 is 4.79 Å². The van der Waals surface area contributed by atoms with Crippen molar-refractivity contribution in [3.63, 3.8) is 0 Å².